The van der Waals surface area contributed by atoms with Gasteiger partial charge >= 0.3 is 0 Å². The predicted octanol–water partition coefficient (Wildman–Crippen LogP) is 3.34. The van der Waals surface area contributed by atoms with Gasteiger partial charge in [0.2, 0.25) is 0 Å². The summed E-state index contributed by atoms with van der Waals surface area (Å²) in [7, 11) is 0. The molecule has 0 aliphatic carbocycles. The fourth-order valence-corrected chi connectivity index (χ4v) is 1.74. The Hall–Kier alpha value is -0.670. The maximum absolute atomic E-state index is 14.3. The van der Waals surface area contributed by atoms with Gasteiger partial charge in [-0.1, -0.05) is 31.5 Å². The number of hydrogen-bond donors (Lipinski definition) is 1. The molecule has 1 atom stereocenters. The first-order valence-electron chi connectivity index (χ1n) is 5.22. The predicted molar refractivity (Wildman–Crippen MR) is 62.8 cm³/mol. The van der Waals surface area contributed by atoms with Gasteiger partial charge in [-0.3, -0.25) is 0 Å². The molecule has 0 bridgehead atoms. The molecule has 0 saturated carbocycles. The molecule has 0 aromatic heterocycles. The van der Waals surface area contributed by atoms with Crippen LogP contribution < -0.4 is 5.73 Å². The van der Waals surface area contributed by atoms with Crippen LogP contribution in [0.5, 0.6) is 0 Å². The van der Waals surface area contributed by atoms with Gasteiger partial charge in [0.15, 0.2) is 0 Å². The third kappa shape index (κ3) is 2.71. The number of alkyl halides is 1. The largest absolute Gasteiger partial charge is 0.328 e. The zero-order valence-electron chi connectivity index (χ0n) is 9.43. The Morgan fingerprint density at radius 3 is 2.50 bits per heavy atom. The summed E-state index contributed by atoms with van der Waals surface area (Å²) in [6.45, 7) is 3.30. The summed E-state index contributed by atoms with van der Waals surface area (Å²) in [5, 5.41) is 0.246. The molecule has 0 fully saturated rings. The monoisotopic (exact) mass is 247 g/mol. The lowest BCUT2D eigenvalue weighted by atomic mass is 9.86. The van der Waals surface area contributed by atoms with Crippen molar-refractivity contribution in [1.29, 1.82) is 0 Å². The first kappa shape index (κ1) is 13.4. The maximum atomic E-state index is 14.3. The van der Waals surface area contributed by atoms with Gasteiger partial charge in [0.1, 0.15) is 11.5 Å². The summed E-state index contributed by atoms with van der Waals surface area (Å²) in [6.07, 6.45) is -0.0906. The maximum Gasteiger partial charge on any atom is 0.129 e. The molecule has 1 aromatic rings. The molecule has 4 heteroatoms. The van der Waals surface area contributed by atoms with Crippen LogP contribution >= 0.6 is 11.6 Å². The summed E-state index contributed by atoms with van der Waals surface area (Å²) in [5.41, 5.74) is 4.00. The number of hydrogen-bond acceptors (Lipinski definition) is 1. The van der Waals surface area contributed by atoms with E-state index < -0.39 is 11.5 Å². The van der Waals surface area contributed by atoms with Gasteiger partial charge in [-0.05, 0) is 18.1 Å². The van der Waals surface area contributed by atoms with E-state index in [1.54, 1.807) is 19.9 Å². The van der Waals surface area contributed by atoms with Gasteiger partial charge in [0.05, 0.1) is 0 Å². The Morgan fingerprint density at radius 2 is 2.06 bits per heavy atom. The molecule has 0 aliphatic heterocycles. The second kappa shape index (κ2) is 5.11. The van der Waals surface area contributed by atoms with Crippen molar-refractivity contribution >= 4 is 11.6 Å². The lowest BCUT2D eigenvalue weighted by Crippen LogP contribution is -2.40. The molecule has 0 aliphatic rings. The lowest BCUT2D eigenvalue weighted by molar-refractivity contribution is 0.109. The molecule has 0 spiro atoms. The Kier molecular flexibility index (Phi) is 4.28. The summed E-state index contributed by atoms with van der Waals surface area (Å²) in [4.78, 5) is 0. The van der Waals surface area contributed by atoms with Crippen molar-refractivity contribution < 1.29 is 8.78 Å². The highest BCUT2D eigenvalue weighted by molar-refractivity contribution is 6.31. The molecular weight excluding hydrogens is 232 g/mol. The van der Waals surface area contributed by atoms with E-state index in [4.69, 9.17) is 17.3 Å². The van der Waals surface area contributed by atoms with Crippen molar-refractivity contribution in [2.24, 2.45) is 11.7 Å². The molecule has 0 saturated heterocycles. The molecule has 2 N–H and O–H groups in total. The Balaban J connectivity index is 3.03. The Labute approximate surface area is 99.6 Å². The van der Waals surface area contributed by atoms with Gasteiger partial charge in [0, 0.05) is 23.6 Å². The first-order chi connectivity index (χ1) is 7.40. The minimum atomic E-state index is -1.62. The average molecular weight is 248 g/mol. The van der Waals surface area contributed by atoms with Crippen LogP contribution in [0, 0.1) is 11.7 Å². The highest BCUT2D eigenvalue weighted by Crippen LogP contribution is 2.30. The second-order valence-electron chi connectivity index (χ2n) is 4.27. The van der Waals surface area contributed by atoms with Crippen LogP contribution in [0.25, 0.3) is 0 Å². The van der Waals surface area contributed by atoms with E-state index in [9.17, 15) is 8.78 Å². The number of benzene rings is 1. The minimum absolute atomic E-state index is 0.0906. The fraction of sp³-hybridized carbons (Fsp3) is 0.500. The summed E-state index contributed by atoms with van der Waals surface area (Å²) >= 11 is 5.85. The van der Waals surface area contributed by atoms with Crippen molar-refractivity contribution in [3.05, 3.63) is 34.6 Å². The molecule has 16 heavy (non-hydrogen) atoms. The number of rotatable bonds is 4. The van der Waals surface area contributed by atoms with Crippen molar-refractivity contribution in [2.45, 2.75) is 25.9 Å². The quantitative estimate of drug-likeness (QED) is 0.868. The SMILES string of the molecule is CC(C)C(F)(CN)Cc1c(F)cccc1Cl. The first-order valence-corrected chi connectivity index (χ1v) is 5.60. The Morgan fingerprint density at radius 1 is 1.44 bits per heavy atom. The van der Waals surface area contributed by atoms with Gasteiger partial charge in [-0.2, -0.15) is 0 Å². The van der Waals surface area contributed by atoms with E-state index in [1.165, 1.54) is 12.1 Å². The molecule has 90 valence electrons. The van der Waals surface area contributed by atoms with Crippen LogP contribution in [0.4, 0.5) is 8.78 Å². The standard InChI is InChI=1S/C12H16ClF2N/c1-8(2)12(15,7-16)6-9-10(13)4-3-5-11(9)14/h3-5,8H,6-7,16H2,1-2H3. The molecule has 1 unspecified atom stereocenters. The van der Waals surface area contributed by atoms with Crippen LogP contribution in [-0.4, -0.2) is 12.2 Å². The van der Waals surface area contributed by atoms with Crippen molar-refractivity contribution in [2.75, 3.05) is 6.54 Å². The fourth-order valence-electron chi connectivity index (χ4n) is 1.51. The molecule has 1 nitrogen and oxygen atoms in total. The van der Waals surface area contributed by atoms with E-state index in [2.05, 4.69) is 0 Å². The van der Waals surface area contributed by atoms with E-state index in [1.807, 2.05) is 0 Å². The van der Waals surface area contributed by atoms with Crippen molar-refractivity contribution in [1.82, 2.24) is 0 Å². The van der Waals surface area contributed by atoms with Crippen LogP contribution in [0.15, 0.2) is 18.2 Å². The normalized spacial score (nSPS) is 15.2. The number of halogens is 3. The van der Waals surface area contributed by atoms with Crippen LogP contribution in [0.3, 0.4) is 0 Å². The van der Waals surface area contributed by atoms with Crippen molar-refractivity contribution in [3.63, 3.8) is 0 Å². The summed E-state index contributed by atoms with van der Waals surface area (Å²) in [5.74, 6) is -0.767. The van der Waals surface area contributed by atoms with Gasteiger partial charge < -0.3 is 5.73 Å². The van der Waals surface area contributed by atoms with E-state index in [-0.39, 0.29) is 29.5 Å². The Bertz CT molecular complexity index is 348. The van der Waals surface area contributed by atoms with Gasteiger partial charge in [-0.25, -0.2) is 8.78 Å². The van der Waals surface area contributed by atoms with E-state index in [0.29, 0.717) is 0 Å². The highest BCUT2D eigenvalue weighted by Gasteiger charge is 2.33. The third-order valence-electron chi connectivity index (χ3n) is 2.91. The summed E-state index contributed by atoms with van der Waals surface area (Å²) in [6, 6.07) is 4.33. The summed E-state index contributed by atoms with van der Waals surface area (Å²) < 4.78 is 27.8. The smallest absolute Gasteiger partial charge is 0.129 e. The zero-order valence-corrected chi connectivity index (χ0v) is 10.2. The van der Waals surface area contributed by atoms with E-state index in [0.717, 1.165) is 0 Å². The molecule has 0 heterocycles. The average Bonchev–Trinajstić information content (AvgIpc) is 2.23. The van der Waals surface area contributed by atoms with Crippen molar-refractivity contribution in [3.8, 4) is 0 Å². The zero-order chi connectivity index (χ0) is 12.3. The molecule has 1 aromatic carbocycles. The topological polar surface area (TPSA) is 26.0 Å². The lowest BCUT2D eigenvalue weighted by Gasteiger charge is -2.28. The molecule has 0 radical (unpaired) electrons. The van der Waals surface area contributed by atoms with Crippen LogP contribution in [0.2, 0.25) is 5.02 Å². The highest BCUT2D eigenvalue weighted by atomic mass is 35.5. The molecule has 1 rings (SSSR count). The molecule has 0 amide bonds. The van der Waals surface area contributed by atoms with Crippen LogP contribution in [0.1, 0.15) is 19.4 Å². The molecular formula is C12H16ClF2N. The minimum Gasteiger partial charge on any atom is -0.328 e. The van der Waals surface area contributed by atoms with Gasteiger partial charge in [0.25, 0.3) is 0 Å². The number of nitrogens with two attached hydrogens (primary N) is 1. The van der Waals surface area contributed by atoms with E-state index >= 15 is 0 Å². The van der Waals surface area contributed by atoms with Crippen LogP contribution in [-0.2, 0) is 6.42 Å². The second-order valence-corrected chi connectivity index (χ2v) is 4.68. The third-order valence-corrected chi connectivity index (χ3v) is 3.26. The van der Waals surface area contributed by atoms with Gasteiger partial charge in [-0.15, -0.1) is 0 Å².